The Bertz CT molecular complexity index is 907. The molecule has 0 spiro atoms. The Morgan fingerprint density at radius 1 is 1.40 bits per heavy atom. The van der Waals surface area contributed by atoms with Gasteiger partial charge < -0.3 is 9.30 Å². The lowest BCUT2D eigenvalue weighted by molar-refractivity contribution is 0.0602. The molecule has 0 saturated carbocycles. The molecule has 0 aliphatic carbocycles. The Balaban J connectivity index is 2.49. The van der Waals surface area contributed by atoms with Crippen LogP contribution >= 0.6 is 0 Å². The minimum Gasteiger partial charge on any atom is -0.465 e. The molecule has 0 aromatic carbocycles. The van der Waals surface area contributed by atoms with Gasteiger partial charge in [0.1, 0.15) is 5.56 Å². The maximum Gasteiger partial charge on any atom is 0.343 e. The average Bonchev–Trinajstić information content (AvgIpc) is 2.78. The van der Waals surface area contributed by atoms with Crippen LogP contribution < -0.4 is 5.56 Å². The summed E-state index contributed by atoms with van der Waals surface area (Å²) >= 11 is 0. The van der Waals surface area contributed by atoms with Gasteiger partial charge in [0.05, 0.1) is 23.7 Å². The largest absolute Gasteiger partial charge is 0.465 e. The molecule has 7 nitrogen and oxygen atoms in total. The van der Waals surface area contributed by atoms with Crippen molar-refractivity contribution in [3.05, 3.63) is 40.1 Å². The summed E-state index contributed by atoms with van der Waals surface area (Å²) in [4.78, 5) is 28.0. The second-order valence-electron chi connectivity index (χ2n) is 4.48. The van der Waals surface area contributed by atoms with E-state index in [0.717, 1.165) is 0 Å². The van der Waals surface area contributed by atoms with Crippen molar-refractivity contribution in [3.63, 3.8) is 0 Å². The van der Waals surface area contributed by atoms with Gasteiger partial charge >= 0.3 is 5.97 Å². The maximum atomic E-state index is 12.0. The van der Waals surface area contributed by atoms with Crippen molar-refractivity contribution in [2.45, 2.75) is 6.92 Å². The summed E-state index contributed by atoms with van der Waals surface area (Å²) in [7, 11) is 2.97. The molecule has 0 saturated heterocycles. The first-order chi connectivity index (χ1) is 9.54. The topological polar surface area (TPSA) is 78.5 Å². The molecule has 0 fully saturated rings. The van der Waals surface area contributed by atoms with E-state index in [1.165, 1.54) is 22.4 Å². The summed E-state index contributed by atoms with van der Waals surface area (Å²) in [5.74, 6) is -0.492. The van der Waals surface area contributed by atoms with Crippen molar-refractivity contribution in [2.75, 3.05) is 7.11 Å². The van der Waals surface area contributed by atoms with Crippen LogP contribution in [0.3, 0.4) is 0 Å². The van der Waals surface area contributed by atoms with E-state index in [-0.39, 0.29) is 5.56 Å². The van der Waals surface area contributed by atoms with E-state index in [1.807, 2.05) is 0 Å². The van der Waals surface area contributed by atoms with Crippen molar-refractivity contribution in [2.24, 2.45) is 7.05 Å². The highest BCUT2D eigenvalue weighted by molar-refractivity contribution is 5.98. The quantitative estimate of drug-likeness (QED) is 0.608. The fourth-order valence-corrected chi connectivity index (χ4v) is 2.21. The number of fused-ring (bicyclic) bond motifs is 3. The first-order valence-corrected chi connectivity index (χ1v) is 5.96. The van der Waals surface area contributed by atoms with Gasteiger partial charge in [-0.1, -0.05) is 0 Å². The van der Waals surface area contributed by atoms with Gasteiger partial charge in [-0.05, 0) is 13.0 Å². The third-order valence-corrected chi connectivity index (χ3v) is 3.25. The molecule has 0 aliphatic rings. The zero-order valence-corrected chi connectivity index (χ0v) is 11.2. The highest BCUT2D eigenvalue weighted by Gasteiger charge is 2.20. The van der Waals surface area contributed by atoms with Crippen LogP contribution in [0.5, 0.6) is 0 Å². The Morgan fingerprint density at radius 2 is 2.15 bits per heavy atom. The maximum absolute atomic E-state index is 12.0. The number of nitrogens with zero attached hydrogens (tertiary/aromatic N) is 4. The molecular formula is C13H12N4O3. The van der Waals surface area contributed by atoms with Crippen LogP contribution in [-0.4, -0.2) is 32.2 Å². The number of rotatable bonds is 1. The molecule has 102 valence electrons. The van der Waals surface area contributed by atoms with E-state index in [0.29, 0.717) is 27.8 Å². The van der Waals surface area contributed by atoms with Gasteiger partial charge in [0, 0.05) is 19.4 Å². The van der Waals surface area contributed by atoms with Crippen LogP contribution in [0.15, 0.2) is 23.3 Å². The number of hydrogen-bond acceptors (Lipinski definition) is 5. The van der Waals surface area contributed by atoms with E-state index in [4.69, 9.17) is 4.74 Å². The molecule has 3 aromatic rings. The number of hydrogen-bond donors (Lipinski definition) is 0. The molecule has 3 aromatic heterocycles. The van der Waals surface area contributed by atoms with Crippen LogP contribution in [0, 0.1) is 6.92 Å². The molecule has 0 atom stereocenters. The van der Waals surface area contributed by atoms with Crippen LogP contribution in [0.25, 0.3) is 16.6 Å². The Hall–Kier alpha value is -2.70. The summed E-state index contributed by atoms with van der Waals surface area (Å²) in [5.41, 5.74) is 1.66. The molecule has 3 rings (SSSR count). The standard InChI is InChI=1S/C13H12N4O3/c1-7-10(13(19)20-3)11-14-6-8-9(17(11)15-7)4-5-16(2)12(8)18/h4-6H,1-3H3. The summed E-state index contributed by atoms with van der Waals surface area (Å²) in [6.07, 6.45) is 3.11. The van der Waals surface area contributed by atoms with Crippen LogP contribution in [-0.2, 0) is 11.8 Å². The summed E-state index contributed by atoms with van der Waals surface area (Å²) in [5, 5.41) is 4.73. The fourth-order valence-electron chi connectivity index (χ4n) is 2.21. The Morgan fingerprint density at radius 3 is 2.85 bits per heavy atom. The summed E-state index contributed by atoms with van der Waals surface area (Å²) in [6, 6.07) is 1.76. The van der Waals surface area contributed by atoms with E-state index in [2.05, 4.69) is 10.1 Å². The number of esters is 1. The highest BCUT2D eigenvalue weighted by atomic mass is 16.5. The predicted molar refractivity (Wildman–Crippen MR) is 71.8 cm³/mol. The average molecular weight is 272 g/mol. The van der Waals surface area contributed by atoms with Crippen molar-refractivity contribution in [3.8, 4) is 0 Å². The second kappa shape index (κ2) is 4.16. The van der Waals surface area contributed by atoms with Crippen LogP contribution in [0.1, 0.15) is 16.1 Å². The predicted octanol–water partition coefficient (Wildman–Crippen LogP) is 0.676. The normalized spacial score (nSPS) is 11.2. The SMILES string of the molecule is COC(=O)c1c(C)nn2c1ncc1c(=O)n(C)ccc12. The van der Waals surface area contributed by atoms with Gasteiger partial charge in [-0.2, -0.15) is 5.10 Å². The molecular weight excluding hydrogens is 260 g/mol. The lowest BCUT2D eigenvalue weighted by atomic mass is 10.2. The van der Waals surface area contributed by atoms with E-state index in [1.54, 1.807) is 26.2 Å². The fraction of sp³-hybridized carbons (Fsp3) is 0.231. The molecule has 7 heteroatoms. The molecule has 3 heterocycles. The Kier molecular flexibility index (Phi) is 2.56. The minimum absolute atomic E-state index is 0.162. The lowest BCUT2D eigenvalue weighted by Gasteiger charge is -2.03. The molecule has 0 aliphatic heterocycles. The number of aromatic nitrogens is 4. The van der Waals surface area contributed by atoms with Gasteiger partial charge in [0.15, 0.2) is 5.65 Å². The van der Waals surface area contributed by atoms with Gasteiger partial charge in [0.2, 0.25) is 0 Å². The number of ether oxygens (including phenoxy) is 1. The third-order valence-electron chi connectivity index (χ3n) is 3.25. The molecule has 0 unspecified atom stereocenters. The van der Waals surface area contributed by atoms with Crippen LogP contribution in [0.4, 0.5) is 0 Å². The second-order valence-corrected chi connectivity index (χ2v) is 4.48. The van der Waals surface area contributed by atoms with Crippen LogP contribution in [0.2, 0.25) is 0 Å². The van der Waals surface area contributed by atoms with Crippen molar-refractivity contribution in [1.82, 2.24) is 19.2 Å². The van der Waals surface area contributed by atoms with Gasteiger partial charge in [0.25, 0.3) is 5.56 Å². The molecule has 20 heavy (non-hydrogen) atoms. The molecule has 0 amide bonds. The first kappa shape index (κ1) is 12.3. The van der Waals surface area contributed by atoms with E-state index < -0.39 is 5.97 Å². The number of aryl methyl sites for hydroxylation is 2. The van der Waals surface area contributed by atoms with Crippen molar-refractivity contribution >= 4 is 22.5 Å². The molecule has 0 radical (unpaired) electrons. The Labute approximate surface area is 113 Å². The highest BCUT2D eigenvalue weighted by Crippen LogP contribution is 2.18. The smallest absolute Gasteiger partial charge is 0.343 e. The summed E-state index contributed by atoms with van der Waals surface area (Å²) < 4.78 is 7.70. The molecule has 0 N–H and O–H groups in total. The van der Waals surface area contributed by atoms with Gasteiger partial charge in [-0.25, -0.2) is 14.3 Å². The monoisotopic (exact) mass is 272 g/mol. The zero-order valence-electron chi connectivity index (χ0n) is 11.2. The first-order valence-electron chi connectivity index (χ1n) is 5.96. The van der Waals surface area contributed by atoms with Crippen molar-refractivity contribution in [1.29, 1.82) is 0 Å². The number of pyridine rings is 1. The van der Waals surface area contributed by atoms with Gasteiger partial charge in [-0.3, -0.25) is 4.79 Å². The van der Waals surface area contributed by atoms with E-state index >= 15 is 0 Å². The summed E-state index contributed by atoms with van der Waals surface area (Å²) in [6.45, 7) is 1.70. The lowest BCUT2D eigenvalue weighted by Crippen LogP contribution is -2.17. The van der Waals surface area contributed by atoms with Gasteiger partial charge in [-0.15, -0.1) is 0 Å². The van der Waals surface area contributed by atoms with E-state index in [9.17, 15) is 9.59 Å². The van der Waals surface area contributed by atoms with Crippen molar-refractivity contribution < 1.29 is 9.53 Å². The minimum atomic E-state index is -0.492. The number of carbonyl (C=O) groups is 1. The third kappa shape index (κ3) is 1.52. The number of methoxy groups -OCH3 is 1. The number of carbonyl (C=O) groups excluding carboxylic acids is 1. The molecule has 0 bridgehead atoms. The zero-order chi connectivity index (χ0) is 14.4.